The van der Waals surface area contributed by atoms with Crippen LogP contribution in [0.4, 0.5) is 20.2 Å². The number of halogens is 2. The van der Waals surface area contributed by atoms with E-state index in [1.807, 2.05) is 0 Å². The van der Waals surface area contributed by atoms with Gasteiger partial charge in [-0.15, -0.1) is 0 Å². The minimum absolute atomic E-state index is 0.247. The zero-order valence-electron chi connectivity index (χ0n) is 12.0. The van der Waals surface area contributed by atoms with Crippen LogP contribution >= 0.6 is 0 Å². The van der Waals surface area contributed by atoms with Gasteiger partial charge in [0, 0.05) is 18.3 Å². The molecule has 0 aliphatic heterocycles. The normalized spacial score (nSPS) is 10.2. The lowest BCUT2D eigenvalue weighted by Gasteiger charge is -2.13. The summed E-state index contributed by atoms with van der Waals surface area (Å²) in [5, 5.41) is 5.13. The molecule has 0 saturated heterocycles. The van der Waals surface area contributed by atoms with Crippen LogP contribution in [0.3, 0.4) is 0 Å². The van der Waals surface area contributed by atoms with Gasteiger partial charge in [0.1, 0.15) is 11.6 Å². The molecule has 22 heavy (non-hydrogen) atoms. The van der Waals surface area contributed by atoms with Crippen molar-refractivity contribution in [3.8, 4) is 0 Å². The van der Waals surface area contributed by atoms with Crippen LogP contribution < -0.4 is 10.6 Å². The van der Waals surface area contributed by atoms with Crippen molar-refractivity contribution in [2.75, 3.05) is 10.6 Å². The number of hydrogen-bond acceptors (Lipinski definition) is 2. The smallest absolute Gasteiger partial charge is 0.258 e. The molecule has 2 rings (SSSR count). The molecule has 6 heteroatoms. The molecule has 114 valence electrons. The van der Waals surface area contributed by atoms with Crippen molar-refractivity contribution >= 4 is 23.2 Å². The van der Waals surface area contributed by atoms with E-state index in [-0.39, 0.29) is 11.5 Å². The Balaban J connectivity index is 2.29. The van der Waals surface area contributed by atoms with Crippen LogP contribution in [-0.2, 0) is 4.79 Å². The summed E-state index contributed by atoms with van der Waals surface area (Å²) in [6.07, 6.45) is 0. The van der Waals surface area contributed by atoms with E-state index in [4.69, 9.17) is 0 Å². The van der Waals surface area contributed by atoms with Crippen LogP contribution in [0.1, 0.15) is 22.8 Å². The molecule has 0 atom stereocenters. The van der Waals surface area contributed by atoms with Crippen LogP contribution in [0.25, 0.3) is 0 Å². The summed E-state index contributed by atoms with van der Waals surface area (Å²) in [6, 6.07) is 7.58. The quantitative estimate of drug-likeness (QED) is 0.912. The highest BCUT2D eigenvalue weighted by Gasteiger charge is 2.15. The van der Waals surface area contributed by atoms with Gasteiger partial charge in [0.2, 0.25) is 5.91 Å². The van der Waals surface area contributed by atoms with Crippen molar-refractivity contribution in [1.82, 2.24) is 0 Å². The van der Waals surface area contributed by atoms with E-state index in [1.54, 1.807) is 25.1 Å². The van der Waals surface area contributed by atoms with E-state index in [0.29, 0.717) is 16.9 Å². The number of rotatable bonds is 3. The lowest BCUT2D eigenvalue weighted by Crippen LogP contribution is -2.16. The molecule has 0 radical (unpaired) electrons. The lowest BCUT2D eigenvalue weighted by atomic mass is 10.1. The van der Waals surface area contributed by atoms with Crippen molar-refractivity contribution in [2.45, 2.75) is 13.8 Å². The van der Waals surface area contributed by atoms with Crippen molar-refractivity contribution in [3.05, 3.63) is 59.2 Å². The Bertz CT molecular complexity index is 745. The Hall–Kier alpha value is -2.76. The van der Waals surface area contributed by atoms with E-state index in [2.05, 4.69) is 10.6 Å². The fraction of sp³-hybridized carbons (Fsp3) is 0.125. The second kappa shape index (κ2) is 6.34. The Labute approximate surface area is 126 Å². The third kappa shape index (κ3) is 3.46. The number of hydrogen-bond donors (Lipinski definition) is 2. The third-order valence-electron chi connectivity index (χ3n) is 3.07. The average molecular weight is 304 g/mol. The lowest BCUT2D eigenvalue weighted by molar-refractivity contribution is -0.114. The second-order valence-corrected chi connectivity index (χ2v) is 4.74. The number of nitrogens with one attached hydrogen (secondary N) is 2. The highest BCUT2D eigenvalue weighted by atomic mass is 19.1. The molecule has 2 aromatic rings. The summed E-state index contributed by atoms with van der Waals surface area (Å²) in [5.41, 5.74) is 1.16. The van der Waals surface area contributed by atoms with E-state index < -0.39 is 17.5 Å². The number of carbonyl (C=O) groups is 2. The molecule has 0 aliphatic rings. The van der Waals surface area contributed by atoms with Gasteiger partial charge in [-0.05, 0) is 42.8 Å². The van der Waals surface area contributed by atoms with E-state index >= 15 is 0 Å². The molecule has 0 bridgehead atoms. The fourth-order valence-corrected chi connectivity index (χ4v) is 1.96. The molecule has 0 aromatic heterocycles. The second-order valence-electron chi connectivity index (χ2n) is 4.74. The molecular weight excluding hydrogens is 290 g/mol. The summed E-state index contributed by atoms with van der Waals surface area (Å²) in [7, 11) is 0. The van der Waals surface area contributed by atoms with Gasteiger partial charge < -0.3 is 10.6 Å². The van der Waals surface area contributed by atoms with Gasteiger partial charge in [0.25, 0.3) is 5.91 Å². The molecule has 0 heterocycles. The molecule has 0 aliphatic carbocycles. The summed E-state index contributed by atoms with van der Waals surface area (Å²) >= 11 is 0. The van der Waals surface area contributed by atoms with Crippen molar-refractivity contribution < 1.29 is 18.4 Å². The van der Waals surface area contributed by atoms with Gasteiger partial charge in [0.15, 0.2) is 0 Å². The SMILES string of the molecule is CC(=O)Nc1cccc(NC(=O)c2cc(F)ccc2F)c1C. The third-order valence-corrected chi connectivity index (χ3v) is 3.07. The molecule has 0 fully saturated rings. The van der Waals surface area contributed by atoms with Crippen LogP contribution in [0, 0.1) is 18.6 Å². The zero-order chi connectivity index (χ0) is 16.3. The highest BCUT2D eigenvalue weighted by Crippen LogP contribution is 2.24. The minimum Gasteiger partial charge on any atom is -0.326 e. The monoisotopic (exact) mass is 304 g/mol. The zero-order valence-corrected chi connectivity index (χ0v) is 12.0. The molecule has 4 nitrogen and oxygen atoms in total. The summed E-state index contributed by atoms with van der Waals surface area (Å²) in [5.74, 6) is -2.52. The molecule has 2 N–H and O–H groups in total. The maximum Gasteiger partial charge on any atom is 0.258 e. The average Bonchev–Trinajstić information content (AvgIpc) is 2.45. The topological polar surface area (TPSA) is 58.2 Å². The minimum atomic E-state index is -0.811. The molecular formula is C16H14F2N2O2. The van der Waals surface area contributed by atoms with Gasteiger partial charge in [-0.3, -0.25) is 9.59 Å². The largest absolute Gasteiger partial charge is 0.326 e. The number of anilines is 2. The fourth-order valence-electron chi connectivity index (χ4n) is 1.96. The van der Waals surface area contributed by atoms with Crippen LogP contribution in [0.5, 0.6) is 0 Å². The Kier molecular flexibility index (Phi) is 4.50. The number of benzene rings is 2. The number of carbonyl (C=O) groups excluding carboxylic acids is 2. The van der Waals surface area contributed by atoms with Gasteiger partial charge in [-0.2, -0.15) is 0 Å². The predicted octanol–water partition coefficient (Wildman–Crippen LogP) is 3.48. The van der Waals surface area contributed by atoms with E-state index in [1.165, 1.54) is 6.92 Å². The predicted molar refractivity (Wildman–Crippen MR) is 79.8 cm³/mol. The molecule has 0 unspecified atom stereocenters. The first-order chi connectivity index (χ1) is 10.4. The molecule has 0 saturated carbocycles. The number of amides is 2. The van der Waals surface area contributed by atoms with Crippen molar-refractivity contribution in [3.63, 3.8) is 0 Å². The first kappa shape index (κ1) is 15.6. The summed E-state index contributed by atoms with van der Waals surface area (Å²) in [6.45, 7) is 3.07. The van der Waals surface area contributed by atoms with Gasteiger partial charge in [0.05, 0.1) is 5.56 Å². The van der Waals surface area contributed by atoms with Crippen molar-refractivity contribution in [1.29, 1.82) is 0 Å². The van der Waals surface area contributed by atoms with Crippen LogP contribution in [0.2, 0.25) is 0 Å². The summed E-state index contributed by atoms with van der Waals surface area (Å²) in [4.78, 5) is 23.2. The maximum absolute atomic E-state index is 13.6. The van der Waals surface area contributed by atoms with Gasteiger partial charge >= 0.3 is 0 Å². The van der Waals surface area contributed by atoms with E-state index in [0.717, 1.165) is 18.2 Å². The van der Waals surface area contributed by atoms with Gasteiger partial charge in [-0.1, -0.05) is 6.07 Å². The van der Waals surface area contributed by atoms with Crippen LogP contribution in [-0.4, -0.2) is 11.8 Å². The Morgan fingerprint density at radius 3 is 2.27 bits per heavy atom. The standard InChI is InChI=1S/C16H14F2N2O2/c1-9-14(19-10(2)21)4-3-5-15(9)20-16(22)12-8-11(17)6-7-13(12)18/h3-8H,1-2H3,(H,19,21)(H,20,22). The Morgan fingerprint density at radius 2 is 1.64 bits per heavy atom. The summed E-state index contributed by atoms with van der Waals surface area (Å²) < 4.78 is 26.7. The molecule has 2 amide bonds. The first-order valence-electron chi connectivity index (χ1n) is 6.52. The van der Waals surface area contributed by atoms with Crippen LogP contribution in [0.15, 0.2) is 36.4 Å². The highest BCUT2D eigenvalue weighted by molar-refractivity contribution is 6.05. The molecule has 0 spiro atoms. The van der Waals surface area contributed by atoms with E-state index in [9.17, 15) is 18.4 Å². The maximum atomic E-state index is 13.6. The molecule has 2 aromatic carbocycles. The Morgan fingerprint density at radius 1 is 1.00 bits per heavy atom. The van der Waals surface area contributed by atoms with Gasteiger partial charge in [-0.25, -0.2) is 8.78 Å². The van der Waals surface area contributed by atoms with Crippen molar-refractivity contribution in [2.24, 2.45) is 0 Å². The first-order valence-corrected chi connectivity index (χ1v) is 6.52.